The SMILES string of the molecule is COC(CCC[SiH3])(OC)OC. The molecule has 0 rings (SSSR count). The molecule has 0 bridgehead atoms. The van der Waals surface area contributed by atoms with Crippen LogP contribution in [0.4, 0.5) is 0 Å². The van der Waals surface area contributed by atoms with Crippen molar-refractivity contribution in [1.82, 2.24) is 0 Å². The fraction of sp³-hybridized carbons (Fsp3) is 1.00. The van der Waals surface area contributed by atoms with Gasteiger partial charge in [0.2, 0.25) is 0 Å². The summed E-state index contributed by atoms with van der Waals surface area (Å²) in [5.74, 6) is -0.801. The van der Waals surface area contributed by atoms with Gasteiger partial charge in [-0.3, -0.25) is 0 Å². The molecule has 0 fully saturated rings. The van der Waals surface area contributed by atoms with Crippen LogP contribution in [-0.2, 0) is 14.2 Å². The lowest BCUT2D eigenvalue weighted by Crippen LogP contribution is -2.35. The molecule has 0 aliphatic carbocycles. The van der Waals surface area contributed by atoms with Crippen LogP contribution >= 0.6 is 0 Å². The molecule has 0 N–H and O–H groups in total. The summed E-state index contributed by atoms with van der Waals surface area (Å²) in [5.41, 5.74) is 0. The second kappa shape index (κ2) is 5.71. The minimum atomic E-state index is -0.801. The molecule has 0 heterocycles. The quantitative estimate of drug-likeness (QED) is 0.428. The standard InChI is InChI=1S/C7H18O3Si/c1-8-7(9-2,10-3)5-4-6-11/h4-6H2,1-3,11H3. The van der Waals surface area contributed by atoms with Crippen molar-refractivity contribution in [3.8, 4) is 0 Å². The molecular formula is C7H18O3Si. The van der Waals surface area contributed by atoms with E-state index in [0.29, 0.717) is 0 Å². The van der Waals surface area contributed by atoms with E-state index in [0.717, 1.165) is 12.8 Å². The van der Waals surface area contributed by atoms with Crippen LogP contribution in [0.5, 0.6) is 0 Å². The van der Waals surface area contributed by atoms with Crippen molar-refractivity contribution in [2.75, 3.05) is 21.3 Å². The lowest BCUT2D eigenvalue weighted by atomic mass is 10.3. The van der Waals surface area contributed by atoms with Crippen LogP contribution in [0.15, 0.2) is 0 Å². The monoisotopic (exact) mass is 178 g/mol. The molecule has 3 nitrogen and oxygen atoms in total. The molecule has 0 aromatic carbocycles. The van der Waals surface area contributed by atoms with Crippen LogP contribution < -0.4 is 0 Å². The first-order chi connectivity index (χ1) is 5.24. The van der Waals surface area contributed by atoms with Gasteiger partial charge in [0.15, 0.2) is 0 Å². The Labute approximate surface area is 71.4 Å². The van der Waals surface area contributed by atoms with E-state index in [1.165, 1.54) is 16.3 Å². The van der Waals surface area contributed by atoms with Crippen molar-refractivity contribution in [3.63, 3.8) is 0 Å². The van der Waals surface area contributed by atoms with Gasteiger partial charge in [0.05, 0.1) is 0 Å². The third-order valence-electron chi connectivity index (χ3n) is 1.77. The van der Waals surface area contributed by atoms with Crippen LogP contribution in [0.3, 0.4) is 0 Å². The first kappa shape index (κ1) is 11.1. The normalized spacial score (nSPS) is 12.3. The molecule has 0 saturated heterocycles. The molecule has 0 unspecified atom stereocenters. The summed E-state index contributed by atoms with van der Waals surface area (Å²) in [5, 5.41) is 0. The second-order valence-corrected chi connectivity index (χ2v) is 3.40. The van der Waals surface area contributed by atoms with Gasteiger partial charge in [0.1, 0.15) is 0 Å². The molecule has 0 aromatic rings. The molecule has 0 radical (unpaired) electrons. The lowest BCUT2D eigenvalue weighted by molar-refractivity contribution is -0.354. The second-order valence-electron chi connectivity index (χ2n) is 2.40. The molecule has 0 aliphatic heterocycles. The minimum absolute atomic E-state index is 0.801. The van der Waals surface area contributed by atoms with Gasteiger partial charge in [-0.2, -0.15) is 0 Å². The van der Waals surface area contributed by atoms with Crippen LogP contribution in [0.2, 0.25) is 6.04 Å². The molecule has 68 valence electrons. The Balaban J connectivity index is 3.84. The largest absolute Gasteiger partial charge is 0.331 e. The molecule has 4 heteroatoms. The number of methoxy groups -OCH3 is 3. The Morgan fingerprint density at radius 2 is 1.55 bits per heavy atom. The summed E-state index contributed by atoms with van der Waals surface area (Å²) in [6, 6.07) is 1.25. The highest BCUT2D eigenvalue weighted by molar-refractivity contribution is 6.08. The topological polar surface area (TPSA) is 27.7 Å². The highest BCUT2D eigenvalue weighted by Crippen LogP contribution is 2.19. The van der Waals surface area contributed by atoms with Crippen LogP contribution in [0.1, 0.15) is 12.8 Å². The molecule has 0 amide bonds. The Kier molecular flexibility index (Phi) is 5.76. The van der Waals surface area contributed by atoms with E-state index < -0.39 is 5.97 Å². The summed E-state index contributed by atoms with van der Waals surface area (Å²) in [7, 11) is 6.02. The number of hydrogen-bond donors (Lipinski definition) is 0. The molecule has 0 spiro atoms. The van der Waals surface area contributed by atoms with Gasteiger partial charge < -0.3 is 14.2 Å². The van der Waals surface area contributed by atoms with Crippen LogP contribution in [0, 0.1) is 0 Å². The Morgan fingerprint density at radius 3 is 1.82 bits per heavy atom. The summed E-state index contributed by atoms with van der Waals surface area (Å²) in [6.07, 6.45) is 1.90. The summed E-state index contributed by atoms with van der Waals surface area (Å²) >= 11 is 0. The maximum Gasteiger partial charge on any atom is 0.282 e. The van der Waals surface area contributed by atoms with Crippen molar-refractivity contribution >= 4 is 10.2 Å². The van der Waals surface area contributed by atoms with E-state index in [2.05, 4.69) is 0 Å². The van der Waals surface area contributed by atoms with E-state index in [9.17, 15) is 0 Å². The number of rotatable bonds is 6. The van der Waals surface area contributed by atoms with Gasteiger partial charge in [-0.25, -0.2) is 0 Å². The van der Waals surface area contributed by atoms with Gasteiger partial charge in [-0.15, -0.1) is 0 Å². The van der Waals surface area contributed by atoms with Gasteiger partial charge in [0, 0.05) is 38.0 Å². The van der Waals surface area contributed by atoms with Crippen molar-refractivity contribution in [2.45, 2.75) is 24.9 Å². The molecule has 11 heavy (non-hydrogen) atoms. The van der Waals surface area contributed by atoms with E-state index in [1.807, 2.05) is 0 Å². The zero-order valence-corrected chi connectivity index (χ0v) is 9.85. The molecule has 0 saturated carbocycles. The third-order valence-corrected chi connectivity index (χ3v) is 2.48. The smallest absolute Gasteiger partial charge is 0.282 e. The average Bonchev–Trinajstić information content (AvgIpc) is 2.08. The predicted molar refractivity (Wildman–Crippen MR) is 47.7 cm³/mol. The first-order valence-corrected chi connectivity index (χ1v) is 5.31. The molecule has 0 atom stereocenters. The highest BCUT2D eigenvalue weighted by Gasteiger charge is 2.27. The first-order valence-electron chi connectivity index (χ1n) is 3.90. The average molecular weight is 178 g/mol. The maximum absolute atomic E-state index is 5.11. The Morgan fingerprint density at radius 1 is 1.09 bits per heavy atom. The van der Waals surface area contributed by atoms with E-state index in [4.69, 9.17) is 14.2 Å². The van der Waals surface area contributed by atoms with Crippen molar-refractivity contribution in [3.05, 3.63) is 0 Å². The fourth-order valence-electron chi connectivity index (χ4n) is 0.949. The van der Waals surface area contributed by atoms with Crippen molar-refractivity contribution < 1.29 is 14.2 Å². The highest BCUT2D eigenvalue weighted by atomic mass is 28.1. The molecule has 0 aromatic heterocycles. The van der Waals surface area contributed by atoms with Gasteiger partial charge in [0.25, 0.3) is 5.97 Å². The van der Waals surface area contributed by atoms with Gasteiger partial charge >= 0.3 is 0 Å². The maximum atomic E-state index is 5.11. The molecular weight excluding hydrogens is 160 g/mol. The lowest BCUT2D eigenvalue weighted by Gasteiger charge is -2.28. The number of hydrogen-bond acceptors (Lipinski definition) is 3. The Hall–Kier alpha value is 0.0969. The zero-order valence-electron chi connectivity index (χ0n) is 7.85. The molecule has 0 aliphatic rings. The van der Waals surface area contributed by atoms with Crippen LogP contribution in [0.25, 0.3) is 0 Å². The van der Waals surface area contributed by atoms with Crippen molar-refractivity contribution in [2.24, 2.45) is 0 Å². The fourth-order valence-corrected chi connectivity index (χ4v) is 1.30. The van der Waals surface area contributed by atoms with E-state index >= 15 is 0 Å². The third kappa shape index (κ3) is 3.33. The summed E-state index contributed by atoms with van der Waals surface area (Å²) in [6.45, 7) is 0. The van der Waals surface area contributed by atoms with E-state index in [-0.39, 0.29) is 0 Å². The Bertz CT molecular complexity index is 85.4. The summed E-state index contributed by atoms with van der Waals surface area (Å²) < 4.78 is 15.3. The zero-order chi connectivity index (χ0) is 8.74. The predicted octanol–water partition coefficient (Wildman–Crippen LogP) is 0.143. The van der Waals surface area contributed by atoms with E-state index in [1.54, 1.807) is 21.3 Å². The van der Waals surface area contributed by atoms with Crippen molar-refractivity contribution in [1.29, 1.82) is 0 Å². The van der Waals surface area contributed by atoms with Gasteiger partial charge in [-0.1, -0.05) is 6.04 Å². The van der Waals surface area contributed by atoms with Crippen LogP contribution in [-0.4, -0.2) is 37.5 Å². The minimum Gasteiger partial charge on any atom is -0.331 e. The van der Waals surface area contributed by atoms with Gasteiger partial charge in [-0.05, 0) is 6.42 Å². The number of ether oxygens (including phenoxy) is 3. The summed E-state index contributed by atoms with van der Waals surface area (Å²) in [4.78, 5) is 0.